The Morgan fingerprint density at radius 1 is 1.08 bits per heavy atom. The fraction of sp³-hybridized carbons (Fsp3) is 0.923. The summed E-state index contributed by atoms with van der Waals surface area (Å²) in [6.45, 7) is 3.04. The van der Waals surface area contributed by atoms with Crippen LogP contribution in [-0.4, -0.2) is 95.0 Å². The summed E-state index contributed by atoms with van der Waals surface area (Å²) in [5.74, 6) is -0.249. The van der Waals surface area contributed by atoms with Gasteiger partial charge in [-0.3, -0.25) is 14.5 Å². The molecule has 2 aliphatic heterocycles. The van der Waals surface area contributed by atoms with Crippen molar-refractivity contribution in [3.63, 3.8) is 0 Å². The van der Waals surface area contributed by atoms with Gasteiger partial charge in [-0.25, -0.2) is 4.39 Å². The Balaban J connectivity index is 1.07. The molecule has 6 atom stereocenters. The number of amides is 2. The number of halogens is 2. The maximum Gasteiger partial charge on any atom is 0.246 e. The summed E-state index contributed by atoms with van der Waals surface area (Å²) in [4.78, 5) is 28.3. The van der Waals surface area contributed by atoms with Gasteiger partial charge in [0.05, 0.1) is 29.2 Å². The Hall–Kier alpha value is -1.00. The zero-order valence-corrected chi connectivity index (χ0v) is 21.9. The Labute approximate surface area is 218 Å². The zero-order valence-electron chi connectivity index (χ0n) is 21.2. The van der Waals surface area contributed by atoms with Gasteiger partial charge in [0.25, 0.3) is 0 Å². The molecule has 10 heteroatoms. The Morgan fingerprint density at radius 2 is 1.83 bits per heavy atom. The lowest BCUT2D eigenvalue weighted by atomic mass is 9.59. The Morgan fingerprint density at radius 3 is 2.47 bits per heavy atom. The van der Waals surface area contributed by atoms with Crippen molar-refractivity contribution in [3.05, 3.63) is 0 Å². The lowest BCUT2D eigenvalue weighted by Crippen LogP contribution is -2.71. The van der Waals surface area contributed by atoms with Gasteiger partial charge in [-0.05, 0) is 83.7 Å². The molecule has 2 heterocycles. The lowest BCUT2D eigenvalue weighted by Gasteiger charge is -2.56. The Bertz CT molecular complexity index is 797. The second-order valence-corrected chi connectivity index (χ2v) is 12.5. The van der Waals surface area contributed by atoms with Crippen molar-refractivity contribution >= 4 is 23.4 Å². The maximum atomic E-state index is 13.8. The van der Waals surface area contributed by atoms with Crippen molar-refractivity contribution < 1.29 is 23.8 Å². The van der Waals surface area contributed by atoms with E-state index < -0.39 is 28.7 Å². The number of carbonyl (C=O) groups excluding carboxylic acids is 2. The van der Waals surface area contributed by atoms with Crippen LogP contribution in [0.25, 0.3) is 0 Å². The molecular formula is C26H42ClFN4O4. The summed E-state index contributed by atoms with van der Waals surface area (Å²) in [7, 11) is 0. The van der Waals surface area contributed by atoms with Gasteiger partial charge < -0.3 is 25.8 Å². The standard InChI is InChI=1S/C26H42ClFN4O4/c27-19-5-4-18(13-20(19)28)36-16-23(34)30-26-9-7-25(8-10-26,14-22(26)33)31-24(35)21-6-3-17(15-29-21)32-11-1-2-12-32/h17-22,29,33H,1-16H2,(H,30,34)(H,31,35). The van der Waals surface area contributed by atoms with Crippen LogP contribution in [0.5, 0.6) is 0 Å². The van der Waals surface area contributed by atoms with Crippen molar-refractivity contribution in [2.24, 2.45) is 0 Å². The highest BCUT2D eigenvalue weighted by Gasteiger charge is 2.55. The third-order valence-electron chi connectivity index (χ3n) is 9.56. The smallest absolute Gasteiger partial charge is 0.246 e. The van der Waals surface area contributed by atoms with E-state index in [0.29, 0.717) is 38.1 Å². The molecule has 204 valence electrons. The topological polar surface area (TPSA) is 103 Å². The van der Waals surface area contributed by atoms with Crippen molar-refractivity contribution in [2.75, 3.05) is 26.2 Å². The van der Waals surface area contributed by atoms with Crippen molar-refractivity contribution in [1.82, 2.24) is 20.9 Å². The second kappa shape index (κ2) is 11.0. The van der Waals surface area contributed by atoms with Gasteiger partial charge in [0.1, 0.15) is 12.8 Å². The third-order valence-corrected chi connectivity index (χ3v) is 10.0. The first-order valence-electron chi connectivity index (χ1n) is 14.0. The largest absolute Gasteiger partial charge is 0.391 e. The fourth-order valence-electron chi connectivity index (χ4n) is 7.20. The highest BCUT2D eigenvalue weighted by atomic mass is 35.5. The molecule has 8 nitrogen and oxygen atoms in total. The highest BCUT2D eigenvalue weighted by molar-refractivity contribution is 6.21. The summed E-state index contributed by atoms with van der Waals surface area (Å²) in [5, 5.41) is 20.3. The SMILES string of the molecule is O=C(COC1CCC(Cl)C(F)C1)NC12CCC(NC(=O)C3CCC(N4CCCC4)CN3)(CC1)CC2O. The van der Waals surface area contributed by atoms with E-state index in [1.54, 1.807) is 0 Å². The summed E-state index contributed by atoms with van der Waals surface area (Å²) < 4.78 is 19.5. The molecule has 6 aliphatic rings. The van der Waals surface area contributed by atoms with Crippen LogP contribution in [0, 0.1) is 0 Å². The number of ether oxygens (including phenoxy) is 1. The minimum absolute atomic E-state index is 0.0340. The molecule has 0 aromatic heterocycles. The van der Waals surface area contributed by atoms with E-state index in [0.717, 1.165) is 32.2 Å². The number of alkyl halides is 2. The van der Waals surface area contributed by atoms with E-state index in [1.807, 2.05) is 0 Å². The van der Waals surface area contributed by atoms with Gasteiger partial charge in [0.2, 0.25) is 11.8 Å². The molecule has 4 saturated carbocycles. The minimum atomic E-state index is -1.11. The Kier molecular flexibility index (Phi) is 8.13. The second-order valence-electron chi connectivity index (χ2n) is 11.9. The number of carbonyl (C=O) groups is 2. The van der Waals surface area contributed by atoms with Gasteiger partial charge in [0.15, 0.2) is 0 Å². The molecule has 4 aliphatic carbocycles. The van der Waals surface area contributed by atoms with Crippen molar-refractivity contribution in [3.8, 4) is 0 Å². The molecule has 4 N–H and O–H groups in total. The van der Waals surface area contributed by atoms with E-state index in [1.165, 1.54) is 25.9 Å². The van der Waals surface area contributed by atoms with E-state index in [9.17, 15) is 19.1 Å². The highest BCUT2D eigenvalue weighted by Crippen LogP contribution is 2.47. The van der Waals surface area contributed by atoms with Gasteiger partial charge in [-0.15, -0.1) is 11.6 Å². The van der Waals surface area contributed by atoms with Gasteiger partial charge >= 0.3 is 0 Å². The van der Waals surface area contributed by atoms with Gasteiger partial charge in [0, 0.05) is 24.5 Å². The minimum Gasteiger partial charge on any atom is -0.391 e. The van der Waals surface area contributed by atoms with Crippen LogP contribution < -0.4 is 16.0 Å². The first-order chi connectivity index (χ1) is 17.3. The van der Waals surface area contributed by atoms with Crippen LogP contribution in [0.2, 0.25) is 0 Å². The summed E-state index contributed by atoms with van der Waals surface area (Å²) >= 11 is 5.93. The average Bonchev–Trinajstić information content (AvgIpc) is 3.41. The lowest BCUT2D eigenvalue weighted by molar-refractivity contribution is -0.140. The quantitative estimate of drug-likeness (QED) is 0.376. The van der Waals surface area contributed by atoms with Crippen LogP contribution in [0.4, 0.5) is 4.39 Å². The van der Waals surface area contributed by atoms with Crippen LogP contribution in [-0.2, 0) is 14.3 Å². The van der Waals surface area contributed by atoms with Gasteiger partial charge in [-0.2, -0.15) is 0 Å². The zero-order chi connectivity index (χ0) is 25.3. The molecule has 0 radical (unpaired) electrons. The summed E-state index contributed by atoms with van der Waals surface area (Å²) in [5.41, 5.74) is -1.10. The molecule has 6 fully saturated rings. The number of fused-ring (bicyclic) bond motifs is 3. The van der Waals surface area contributed by atoms with E-state index >= 15 is 0 Å². The van der Waals surface area contributed by atoms with Crippen LogP contribution >= 0.6 is 11.6 Å². The molecule has 2 bridgehead atoms. The van der Waals surface area contributed by atoms with Crippen molar-refractivity contribution in [2.45, 2.75) is 124 Å². The number of aliphatic hydroxyl groups excluding tert-OH is 1. The summed E-state index contributed by atoms with van der Waals surface area (Å²) in [6, 6.07) is 0.349. The molecule has 6 rings (SSSR count). The van der Waals surface area contributed by atoms with Crippen LogP contribution in [0.1, 0.15) is 77.0 Å². The molecule has 0 aromatic rings. The molecule has 36 heavy (non-hydrogen) atoms. The monoisotopic (exact) mass is 528 g/mol. The number of nitrogens with zero attached hydrogens (tertiary/aromatic N) is 1. The van der Waals surface area contributed by atoms with E-state index in [-0.39, 0.29) is 37.0 Å². The number of hydrogen-bond donors (Lipinski definition) is 4. The number of piperidine rings is 1. The predicted octanol–water partition coefficient (Wildman–Crippen LogP) is 1.77. The normalized spacial score (nSPS) is 43.3. The van der Waals surface area contributed by atoms with Crippen molar-refractivity contribution in [1.29, 1.82) is 0 Å². The number of hydrogen-bond acceptors (Lipinski definition) is 6. The first kappa shape index (κ1) is 26.6. The summed E-state index contributed by atoms with van der Waals surface area (Å²) in [6.07, 6.45) is 6.79. The van der Waals surface area contributed by atoms with Crippen LogP contribution in [0.15, 0.2) is 0 Å². The number of nitrogens with one attached hydrogen (secondary N) is 3. The maximum absolute atomic E-state index is 13.8. The molecule has 0 aromatic carbocycles. The number of rotatable bonds is 7. The molecule has 2 saturated heterocycles. The molecule has 6 unspecified atom stereocenters. The van der Waals surface area contributed by atoms with E-state index in [2.05, 4.69) is 20.9 Å². The van der Waals surface area contributed by atoms with Gasteiger partial charge in [-0.1, -0.05) is 0 Å². The molecule has 2 amide bonds. The first-order valence-corrected chi connectivity index (χ1v) is 14.4. The molecular weight excluding hydrogens is 487 g/mol. The molecule has 0 spiro atoms. The number of likely N-dealkylation sites (tertiary alicyclic amines) is 1. The fourth-order valence-corrected chi connectivity index (χ4v) is 7.42. The average molecular weight is 529 g/mol. The number of aliphatic hydroxyl groups is 1. The van der Waals surface area contributed by atoms with E-state index in [4.69, 9.17) is 16.3 Å². The third kappa shape index (κ3) is 5.70. The van der Waals surface area contributed by atoms with Crippen LogP contribution in [0.3, 0.4) is 0 Å². The predicted molar refractivity (Wildman–Crippen MR) is 135 cm³/mol.